The van der Waals surface area contributed by atoms with Crippen molar-refractivity contribution in [1.29, 1.82) is 0 Å². The average molecular weight is 517 g/mol. The number of amides is 1. The van der Waals surface area contributed by atoms with Gasteiger partial charge in [0, 0.05) is 31.5 Å². The molecule has 1 aliphatic carbocycles. The van der Waals surface area contributed by atoms with Crippen LogP contribution in [0.15, 0.2) is 41.5 Å². The van der Waals surface area contributed by atoms with Crippen LogP contribution in [0, 0.1) is 13.8 Å². The van der Waals surface area contributed by atoms with Crippen LogP contribution in [-0.4, -0.2) is 54.5 Å². The molecule has 0 bridgehead atoms. The number of methoxy groups -OCH3 is 1. The topological polar surface area (TPSA) is 112 Å². The molecule has 198 valence electrons. The number of nitrogens with zero attached hydrogens (tertiary/aromatic N) is 7. The monoisotopic (exact) mass is 516 g/mol. The highest BCUT2D eigenvalue weighted by molar-refractivity contribution is 5.95. The number of pyridine rings is 1. The van der Waals surface area contributed by atoms with E-state index in [0.717, 1.165) is 42.1 Å². The maximum atomic E-state index is 13.5. The maximum Gasteiger partial charge on any atom is 0.280 e. The number of aromatic nitrogens is 6. The number of carbonyl (C=O) groups is 1. The lowest BCUT2D eigenvalue weighted by molar-refractivity contribution is 0.0937. The van der Waals surface area contributed by atoms with Gasteiger partial charge in [-0.05, 0) is 63.8 Å². The van der Waals surface area contributed by atoms with Crippen molar-refractivity contribution in [2.24, 2.45) is 7.05 Å². The Morgan fingerprint density at radius 3 is 2.71 bits per heavy atom. The summed E-state index contributed by atoms with van der Waals surface area (Å²) in [4.78, 5) is 37.9. The van der Waals surface area contributed by atoms with Crippen molar-refractivity contribution in [3.05, 3.63) is 69.7 Å². The number of ether oxygens (including phenoxy) is 1. The number of rotatable bonds is 6. The van der Waals surface area contributed by atoms with E-state index in [-0.39, 0.29) is 35.2 Å². The summed E-state index contributed by atoms with van der Waals surface area (Å²) >= 11 is 0. The minimum Gasteiger partial charge on any atom is -0.495 e. The normalized spacial score (nSPS) is 19.6. The summed E-state index contributed by atoms with van der Waals surface area (Å²) in [5.41, 5.74) is 3.16. The zero-order valence-corrected chi connectivity index (χ0v) is 22.1. The van der Waals surface area contributed by atoms with Crippen LogP contribution >= 0.6 is 0 Å². The molecule has 6 rings (SSSR count). The molecule has 2 fully saturated rings. The van der Waals surface area contributed by atoms with Gasteiger partial charge in [0.05, 0.1) is 31.1 Å². The van der Waals surface area contributed by atoms with Gasteiger partial charge < -0.3 is 15.0 Å². The first-order chi connectivity index (χ1) is 18.4. The fourth-order valence-corrected chi connectivity index (χ4v) is 5.70. The molecule has 4 aromatic rings. The number of hydrogen-bond acceptors (Lipinski definition) is 7. The molecule has 5 heterocycles. The third-order valence-corrected chi connectivity index (χ3v) is 8.02. The fraction of sp³-hybridized carbons (Fsp3) is 0.444. The molecule has 1 unspecified atom stereocenters. The van der Waals surface area contributed by atoms with Crippen molar-refractivity contribution in [2.75, 3.05) is 18.6 Å². The van der Waals surface area contributed by atoms with Gasteiger partial charge in [-0.1, -0.05) is 0 Å². The highest BCUT2D eigenvalue weighted by Gasteiger charge is 2.38. The van der Waals surface area contributed by atoms with Crippen molar-refractivity contribution in [3.8, 4) is 5.75 Å². The Morgan fingerprint density at radius 2 is 1.97 bits per heavy atom. The van der Waals surface area contributed by atoms with E-state index in [4.69, 9.17) is 9.84 Å². The van der Waals surface area contributed by atoms with Gasteiger partial charge in [0.15, 0.2) is 5.65 Å². The third-order valence-electron chi connectivity index (χ3n) is 8.02. The Labute approximate surface area is 220 Å². The predicted molar refractivity (Wildman–Crippen MR) is 142 cm³/mol. The van der Waals surface area contributed by atoms with Crippen LogP contribution in [0.1, 0.15) is 65.2 Å². The van der Waals surface area contributed by atoms with Crippen LogP contribution in [0.5, 0.6) is 5.75 Å². The van der Waals surface area contributed by atoms with Gasteiger partial charge in [-0.15, -0.1) is 5.10 Å². The van der Waals surface area contributed by atoms with E-state index >= 15 is 0 Å². The van der Waals surface area contributed by atoms with Crippen LogP contribution in [0.2, 0.25) is 0 Å². The minimum atomic E-state index is -0.339. The van der Waals surface area contributed by atoms with Gasteiger partial charge in [-0.3, -0.25) is 19.3 Å². The summed E-state index contributed by atoms with van der Waals surface area (Å²) in [6.45, 7) is 4.30. The first-order valence-corrected chi connectivity index (χ1v) is 13.0. The molecule has 0 spiro atoms. The minimum absolute atomic E-state index is 0.170. The van der Waals surface area contributed by atoms with Crippen LogP contribution in [0.4, 0.5) is 5.82 Å². The van der Waals surface area contributed by atoms with Crippen molar-refractivity contribution >= 4 is 17.4 Å². The average Bonchev–Trinajstić information content (AvgIpc) is 3.54. The van der Waals surface area contributed by atoms with Crippen LogP contribution < -0.4 is 20.5 Å². The lowest BCUT2D eigenvalue weighted by atomic mass is 9.93. The van der Waals surface area contributed by atoms with Crippen LogP contribution in [0.3, 0.4) is 0 Å². The summed E-state index contributed by atoms with van der Waals surface area (Å²) in [6.07, 6.45) is 7.17. The Kier molecular flexibility index (Phi) is 5.93. The van der Waals surface area contributed by atoms with Gasteiger partial charge in [-0.2, -0.15) is 0 Å². The molecular weight excluding hydrogens is 484 g/mol. The van der Waals surface area contributed by atoms with E-state index in [2.05, 4.69) is 20.2 Å². The largest absolute Gasteiger partial charge is 0.495 e. The van der Waals surface area contributed by atoms with Crippen molar-refractivity contribution in [1.82, 2.24) is 34.3 Å². The van der Waals surface area contributed by atoms with Gasteiger partial charge >= 0.3 is 0 Å². The van der Waals surface area contributed by atoms with Gasteiger partial charge in [0.25, 0.3) is 11.5 Å². The van der Waals surface area contributed by atoms with Gasteiger partial charge in [0.2, 0.25) is 0 Å². The first-order valence-electron chi connectivity index (χ1n) is 13.0. The number of nitrogens with one attached hydrogen (secondary N) is 1. The summed E-state index contributed by atoms with van der Waals surface area (Å²) in [6, 6.07) is 7.36. The lowest BCUT2D eigenvalue weighted by Gasteiger charge is -2.27. The molecule has 1 N–H and O–H groups in total. The van der Waals surface area contributed by atoms with E-state index in [1.165, 1.54) is 0 Å². The second-order valence-electron chi connectivity index (χ2n) is 10.2. The third kappa shape index (κ3) is 3.84. The predicted octanol–water partition coefficient (Wildman–Crippen LogP) is 2.72. The molecule has 0 aromatic carbocycles. The fourth-order valence-electron chi connectivity index (χ4n) is 5.70. The molecule has 1 saturated heterocycles. The molecule has 1 saturated carbocycles. The summed E-state index contributed by atoms with van der Waals surface area (Å²) in [5, 5.41) is 7.99. The van der Waals surface area contributed by atoms with Crippen molar-refractivity contribution < 1.29 is 9.53 Å². The molecular formula is C27H32N8O3. The molecule has 4 aromatic heterocycles. The number of hydrogen-bond donors (Lipinski definition) is 1. The zero-order chi connectivity index (χ0) is 26.6. The quantitative estimate of drug-likeness (QED) is 0.419. The Morgan fingerprint density at radius 1 is 1.16 bits per heavy atom. The maximum absolute atomic E-state index is 13.5. The second-order valence-corrected chi connectivity index (χ2v) is 10.2. The number of anilines is 1. The highest BCUT2D eigenvalue weighted by Crippen LogP contribution is 2.38. The molecule has 11 nitrogen and oxygen atoms in total. The van der Waals surface area contributed by atoms with Crippen LogP contribution in [-0.2, 0) is 7.05 Å². The number of carbonyl (C=O) groups excluding carboxylic acids is 1. The molecule has 1 aliphatic heterocycles. The summed E-state index contributed by atoms with van der Waals surface area (Å²) < 4.78 is 11.0. The second kappa shape index (κ2) is 9.30. The standard InChI is InChI=1S/C27H32N8O3/c1-16-14-29-22-10-11-23(31-34(16)22)33-15-18(13-20(33)25-21(38-4)9-6-12-28-25)30-26(36)24-17(2)32(3)35(27(24)37)19-7-5-8-19/h6,9-12,14,18-20H,5,7-8,13,15H2,1-4H3,(H,30,36)/t18?,20-/m1/s1. The van der Waals surface area contributed by atoms with Gasteiger partial charge in [-0.25, -0.2) is 14.2 Å². The molecule has 2 atom stereocenters. The summed E-state index contributed by atoms with van der Waals surface area (Å²) in [5.74, 6) is 1.08. The van der Waals surface area contributed by atoms with Gasteiger partial charge in [0.1, 0.15) is 22.8 Å². The van der Waals surface area contributed by atoms with E-state index in [0.29, 0.717) is 24.4 Å². The Bertz CT molecular complexity index is 1580. The first kappa shape index (κ1) is 24.2. The lowest BCUT2D eigenvalue weighted by Crippen LogP contribution is -2.40. The smallest absolute Gasteiger partial charge is 0.280 e. The molecule has 1 amide bonds. The van der Waals surface area contributed by atoms with Crippen molar-refractivity contribution in [2.45, 2.75) is 57.7 Å². The van der Waals surface area contributed by atoms with E-state index in [1.54, 1.807) is 24.2 Å². The highest BCUT2D eigenvalue weighted by atomic mass is 16.5. The molecule has 38 heavy (non-hydrogen) atoms. The molecule has 2 aliphatic rings. The summed E-state index contributed by atoms with van der Waals surface area (Å²) in [7, 11) is 3.48. The Balaban J connectivity index is 1.33. The molecule has 0 radical (unpaired) electrons. The molecule has 11 heteroatoms. The Hall–Kier alpha value is -4.15. The van der Waals surface area contributed by atoms with Crippen molar-refractivity contribution in [3.63, 3.8) is 0 Å². The van der Waals surface area contributed by atoms with E-state index in [9.17, 15) is 9.59 Å². The number of imidazole rings is 1. The number of fused-ring (bicyclic) bond motifs is 1. The van der Waals surface area contributed by atoms with E-state index in [1.807, 2.05) is 54.4 Å². The zero-order valence-electron chi connectivity index (χ0n) is 22.1. The SMILES string of the molecule is COc1cccnc1[C@H]1CC(NC(=O)c2c(C)n(C)n(C3CCC3)c2=O)CN1c1ccc2ncc(C)n2n1. The van der Waals surface area contributed by atoms with Crippen LogP contribution in [0.25, 0.3) is 5.65 Å². The van der Waals surface area contributed by atoms with E-state index < -0.39 is 0 Å². The number of aryl methyl sites for hydroxylation is 1.